The summed E-state index contributed by atoms with van der Waals surface area (Å²) >= 11 is 0. The van der Waals surface area contributed by atoms with Crippen LogP contribution in [-0.4, -0.2) is 11.5 Å². The number of non-ortho nitro benzene ring substituents is 1. The number of halogens is 1. The van der Waals surface area contributed by atoms with E-state index in [0.29, 0.717) is 6.61 Å². The maximum atomic E-state index is 13.6. The predicted octanol–water partition coefficient (Wildman–Crippen LogP) is 4.37. The molecule has 0 amide bonds. The molecule has 2 aromatic rings. The van der Waals surface area contributed by atoms with E-state index in [9.17, 15) is 14.5 Å². The number of nitro groups is 1. The third-order valence-electron chi connectivity index (χ3n) is 4.89. The average Bonchev–Trinajstić information content (AvgIpc) is 2.61. The standard InChI is InChI=1S/C18H17FN2O3/c19-12-5-8-16-15(10-12)18-14(2-1-9-24-18)17(20-16)11-3-6-13(7-4-11)21(22)23/h3-8,10,14,17-18,20H,1-2,9H2/t14-,17+,18-/m1/s1. The summed E-state index contributed by atoms with van der Waals surface area (Å²) in [7, 11) is 0. The van der Waals surface area contributed by atoms with Crippen LogP contribution in [0.25, 0.3) is 0 Å². The first-order valence-corrected chi connectivity index (χ1v) is 8.05. The third kappa shape index (κ3) is 2.53. The van der Waals surface area contributed by atoms with Crippen molar-refractivity contribution in [1.29, 1.82) is 0 Å². The summed E-state index contributed by atoms with van der Waals surface area (Å²) in [6, 6.07) is 11.3. The molecule has 2 heterocycles. The minimum atomic E-state index is -0.400. The van der Waals surface area contributed by atoms with E-state index in [-0.39, 0.29) is 29.6 Å². The quantitative estimate of drug-likeness (QED) is 0.657. The van der Waals surface area contributed by atoms with Gasteiger partial charge >= 0.3 is 0 Å². The second-order valence-corrected chi connectivity index (χ2v) is 6.30. The molecule has 6 heteroatoms. The lowest BCUT2D eigenvalue weighted by atomic mass is 9.77. The molecule has 2 aliphatic heterocycles. The van der Waals surface area contributed by atoms with E-state index >= 15 is 0 Å². The van der Waals surface area contributed by atoms with Gasteiger partial charge in [0, 0.05) is 35.9 Å². The fourth-order valence-corrected chi connectivity index (χ4v) is 3.78. The first kappa shape index (κ1) is 15.1. The van der Waals surface area contributed by atoms with Crippen molar-refractivity contribution >= 4 is 11.4 Å². The third-order valence-corrected chi connectivity index (χ3v) is 4.89. The van der Waals surface area contributed by atoms with Gasteiger partial charge in [0.15, 0.2) is 0 Å². The molecule has 0 bridgehead atoms. The van der Waals surface area contributed by atoms with Gasteiger partial charge in [-0.3, -0.25) is 10.1 Å². The molecule has 1 N–H and O–H groups in total. The van der Waals surface area contributed by atoms with Crippen molar-refractivity contribution in [3.63, 3.8) is 0 Å². The number of nitrogens with zero attached hydrogens (tertiary/aromatic N) is 1. The van der Waals surface area contributed by atoms with Crippen LogP contribution >= 0.6 is 0 Å². The number of ether oxygens (including phenoxy) is 1. The first-order chi connectivity index (χ1) is 11.6. The van der Waals surface area contributed by atoms with Gasteiger partial charge in [0.1, 0.15) is 5.82 Å². The number of rotatable bonds is 2. The van der Waals surface area contributed by atoms with Crippen molar-refractivity contribution in [3.8, 4) is 0 Å². The number of benzene rings is 2. The Morgan fingerprint density at radius 3 is 2.75 bits per heavy atom. The van der Waals surface area contributed by atoms with Gasteiger partial charge in [0.25, 0.3) is 5.69 Å². The highest BCUT2D eigenvalue weighted by molar-refractivity contribution is 5.57. The van der Waals surface area contributed by atoms with Crippen molar-refractivity contribution in [2.45, 2.75) is 25.0 Å². The second kappa shape index (κ2) is 5.87. The Morgan fingerprint density at radius 2 is 2.00 bits per heavy atom. The van der Waals surface area contributed by atoms with Crippen LogP contribution in [0.2, 0.25) is 0 Å². The largest absolute Gasteiger partial charge is 0.378 e. The lowest BCUT2D eigenvalue weighted by Gasteiger charge is -2.43. The summed E-state index contributed by atoms with van der Waals surface area (Å²) in [4.78, 5) is 10.4. The van der Waals surface area contributed by atoms with Gasteiger partial charge in [-0.1, -0.05) is 12.1 Å². The Kier molecular flexibility index (Phi) is 3.69. The molecule has 0 radical (unpaired) electrons. The normalized spacial score (nSPS) is 25.3. The smallest absolute Gasteiger partial charge is 0.269 e. The molecule has 0 unspecified atom stereocenters. The highest BCUT2D eigenvalue weighted by Gasteiger charge is 2.40. The molecule has 0 aliphatic carbocycles. The molecule has 2 aromatic carbocycles. The summed E-state index contributed by atoms with van der Waals surface area (Å²) in [6.07, 6.45) is 1.78. The number of nitrogens with one attached hydrogen (secondary N) is 1. The SMILES string of the molecule is O=[N+]([O-])c1ccc([C@@H]2Nc3ccc(F)cc3[C@@H]3OCCC[C@H]23)cc1. The Morgan fingerprint density at radius 1 is 1.21 bits per heavy atom. The second-order valence-electron chi connectivity index (χ2n) is 6.30. The molecule has 4 rings (SSSR count). The van der Waals surface area contributed by atoms with Crippen molar-refractivity contribution in [2.24, 2.45) is 5.92 Å². The Balaban J connectivity index is 1.73. The Labute approximate surface area is 138 Å². The number of nitro benzene ring substituents is 1. The molecular weight excluding hydrogens is 311 g/mol. The molecular formula is C18H17FN2O3. The number of hydrogen-bond donors (Lipinski definition) is 1. The maximum absolute atomic E-state index is 13.6. The van der Waals surface area contributed by atoms with E-state index in [1.807, 2.05) is 0 Å². The molecule has 1 fully saturated rings. The lowest BCUT2D eigenvalue weighted by Crippen LogP contribution is -2.36. The van der Waals surface area contributed by atoms with E-state index in [1.165, 1.54) is 24.3 Å². The summed E-state index contributed by atoms with van der Waals surface area (Å²) in [5.74, 6) is -0.0910. The van der Waals surface area contributed by atoms with Crippen LogP contribution < -0.4 is 5.32 Å². The molecule has 0 saturated carbocycles. The van der Waals surface area contributed by atoms with Crippen LogP contribution in [0.4, 0.5) is 15.8 Å². The molecule has 3 atom stereocenters. The van der Waals surface area contributed by atoms with Gasteiger partial charge < -0.3 is 10.1 Å². The predicted molar refractivity (Wildman–Crippen MR) is 87.3 cm³/mol. The number of hydrogen-bond acceptors (Lipinski definition) is 4. The van der Waals surface area contributed by atoms with Crippen LogP contribution in [0.3, 0.4) is 0 Å². The van der Waals surface area contributed by atoms with Crippen molar-refractivity contribution in [2.75, 3.05) is 11.9 Å². The highest BCUT2D eigenvalue weighted by atomic mass is 19.1. The molecule has 2 aliphatic rings. The zero-order valence-electron chi connectivity index (χ0n) is 12.9. The van der Waals surface area contributed by atoms with Gasteiger partial charge in [0.05, 0.1) is 17.1 Å². The van der Waals surface area contributed by atoms with Gasteiger partial charge in [-0.25, -0.2) is 4.39 Å². The van der Waals surface area contributed by atoms with Crippen LogP contribution in [-0.2, 0) is 4.74 Å². The fraction of sp³-hybridized carbons (Fsp3) is 0.333. The van der Waals surface area contributed by atoms with E-state index in [1.54, 1.807) is 18.2 Å². The van der Waals surface area contributed by atoms with Crippen molar-refractivity contribution < 1.29 is 14.1 Å². The molecule has 5 nitrogen and oxygen atoms in total. The Hall–Kier alpha value is -2.47. The van der Waals surface area contributed by atoms with Gasteiger partial charge in [-0.2, -0.15) is 0 Å². The zero-order valence-corrected chi connectivity index (χ0v) is 12.9. The summed E-state index contributed by atoms with van der Waals surface area (Å²) in [5.41, 5.74) is 2.78. The minimum absolute atomic E-state index is 0.00550. The van der Waals surface area contributed by atoms with Crippen LogP contribution in [0, 0.1) is 21.8 Å². The maximum Gasteiger partial charge on any atom is 0.269 e. The van der Waals surface area contributed by atoms with Gasteiger partial charge in [-0.05, 0) is 36.6 Å². The molecule has 0 aromatic heterocycles. The van der Waals surface area contributed by atoms with E-state index in [0.717, 1.165) is 29.7 Å². The topological polar surface area (TPSA) is 64.4 Å². The van der Waals surface area contributed by atoms with E-state index in [4.69, 9.17) is 4.74 Å². The molecule has 124 valence electrons. The van der Waals surface area contributed by atoms with Gasteiger partial charge in [-0.15, -0.1) is 0 Å². The summed E-state index contributed by atoms with van der Waals surface area (Å²) in [5, 5.41) is 14.3. The van der Waals surface area contributed by atoms with Crippen LogP contribution in [0.15, 0.2) is 42.5 Å². The average molecular weight is 328 g/mol. The first-order valence-electron chi connectivity index (χ1n) is 8.05. The molecule has 0 spiro atoms. The van der Waals surface area contributed by atoms with E-state index < -0.39 is 4.92 Å². The fourth-order valence-electron chi connectivity index (χ4n) is 3.78. The minimum Gasteiger partial charge on any atom is -0.378 e. The van der Waals surface area contributed by atoms with Crippen LogP contribution in [0.1, 0.15) is 36.1 Å². The molecule has 24 heavy (non-hydrogen) atoms. The number of fused-ring (bicyclic) bond motifs is 3. The summed E-state index contributed by atoms with van der Waals surface area (Å²) < 4.78 is 19.6. The van der Waals surface area contributed by atoms with Crippen LogP contribution in [0.5, 0.6) is 0 Å². The molecule has 1 saturated heterocycles. The Bertz CT molecular complexity index is 778. The van der Waals surface area contributed by atoms with E-state index in [2.05, 4.69) is 5.32 Å². The lowest BCUT2D eigenvalue weighted by molar-refractivity contribution is -0.384. The van der Waals surface area contributed by atoms with Gasteiger partial charge in [0.2, 0.25) is 0 Å². The number of anilines is 1. The zero-order chi connectivity index (χ0) is 16.7. The highest BCUT2D eigenvalue weighted by Crippen LogP contribution is 2.49. The van der Waals surface area contributed by atoms with Crippen molar-refractivity contribution in [1.82, 2.24) is 0 Å². The van der Waals surface area contributed by atoms with Crippen molar-refractivity contribution in [3.05, 3.63) is 69.5 Å². The monoisotopic (exact) mass is 328 g/mol. The summed E-state index contributed by atoms with van der Waals surface area (Å²) in [6.45, 7) is 0.671.